The highest BCUT2D eigenvalue weighted by molar-refractivity contribution is 7.12. The Labute approximate surface area is 117 Å². The molecule has 0 aliphatic rings. The molecule has 1 heterocycles. The van der Waals surface area contributed by atoms with Gasteiger partial charge < -0.3 is 14.4 Å². The monoisotopic (exact) mass is 285 g/mol. The van der Waals surface area contributed by atoms with Crippen LogP contribution in [0.4, 0.5) is 0 Å². The fourth-order valence-electron chi connectivity index (χ4n) is 1.58. The predicted molar refractivity (Wildman–Crippen MR) is 73.7 cm³/mol. The van der Waals surface area contributed by atoms with Gasteiger partial charge in [-0.05, 0) is 32.2 Å². The predicted octanol–water partition coefficient (Wildman–Crippen LogP) is 2.17. The second kappa shape index (κ2) is 7.13. The summed E-state index contributed by atoms with van der Waals surface area (Å²) < 4.78 is 10.0. The Bertz CT molecular complexity index is 442. The molecule has 19 heavy (non-hydrogen) atoms. The number of nitrogens with zero attached hydrogens (tertiary/aromatic N) is 1. The van der Waals surface area contributed by atoms with Crippen molar-refractivity contribution in [3.8, 4) is 5.75 Å². The summed E-state index contributed by atoms with van der Waals surface area (Å²) in [4.78, 5) is 25.9. The van der Waals surface area contributed by atoms with E-state index in [1.165, 1.54) is 23.3 Å². The molecule has 1 aromatic rings. The van der Waals surface area contributed by atoms with E-state index >= 15 is 0 Å². The number of thiophene rings is 1. The topological polar surface area (TPSA) is 55.8 Å². The average molecular weight is 285 g/mol. The second-order valence-electron chi connectivity index (χ2n) is 4.15. The zero-order chi connectivity index (χ0) is 14.4. The summed E-state index contributed by atoms with van der Waals surface area (Å²) in [6.45, 7) is 5.71. The molecule has 0 saturated heterocycles. The van der Waals surface area contributed by atoms with E-state index < -0.39 is 5.97 Å². The van der Waals surface area contributed by atoms with Gasteiger partial charge in [-0.3, -0.25) is 9.59 Å². The van der Waals surface area contributed by atoms with E-state index in [1.54, 1.807) is 18.4 Å². The number of carbonyl (C=O) groups excluding carboxylic acids is 2. The van der Waals surface area contributed by atoms with Crippen LogP contribution in [0.25, 0.3) is 0 Å². The molecular weight excluding hydrogens is 266 g/mol. The molecule has 5 nitrogen and oxygen atoms in total. The van der Waals surface area contributed by atoms with Gasteiger partial charge in [-0.25, -0.2) is 0 Å². The minimum absolute atomic E-state index is 0.0502. The maximum absolute atomic E-state index is 12.4. The lowest BCUT2D eigenvalue weighted by Crippen LogP contribution is -2.41. The van der Waals surface area contributed by atoms with E-state index in [1.807, 2.05) is 13.8 Å². The van der Waals surface area contributed by atoms with Crippen LogP contribution < -0.4 is 4.74 Å². The first-order chi connectivity index (χ1) is 9.01. The molecule has 0 aliphatic carbocycles. The number of ether oxygens (including phenoxy) is 2. The Balaban J connectivity index is 2.87. The molecule has 6 heteroatoms. The van der Waals surface area contributed by atoms with Crippen LogP contribution >= 0.6 is 11.3 Å². The number of methoxy groups -OCH3 is 1. The van der Waals surface area contributed by atoms with Gasteiger partial charge in [0.15, 0.2) is 0 Å². The highest BCUT2D eigenvalue weighted by Crippen LogP contribution is 2.26. The third-order valence-electron chi connectivity index (χ3n) is 2.53. The summed E-state index contributed by atoms with van der Waals surface area (Å²) in [5.74, 6) is -0.0838. The first-order valence-corrected chi connectivity index (χ1v) is 6.97. The number of hydrogen-bond donors (Lipinski definition) is 0. The van der Waals surface area contributed by atoms with Crippen LogP contribution in [0.2, 0.25) is 0 Å². The van der Waals surface area contributed by atoms with Crippen LogP contribution in [0.15, 0.2) is 11.4 Å². The smallest absolute Gasteiger partial charge is 0.325 e. The van der Waals surface area contributed by atoms with Crippen molar-refractivity contribution < 1.29 is 19.1 Å². The highest BCUT2D eigenvalue weighted by atomic mass is 32.1. The van der Waals surface area contributed by atoms with Crippen LogP contribution in [0.5, 0.6) is 5.75 Å². The largest absolute Gasteiger partial charge is 0.495 e. The van der Waals surface area contributed by atoms with E-state index in [0.29, 0.717) is 17.2 Å². The second-order valence-corrected chi connectivity index (χ2v) is 5.07. The fraction of sp³-hybridized carbons (Fsp3) is 0.538. The number of amides is 1. The molecule has 0 atom stereocenters. The quantitative estimate of drug-likeness (QED) is 0.752. The number of rotatable bonds is 6. The van der Waals surface area contributed by atoms with Crippen LogP contribution in [0.3, 0.4) is 0 Å². The summed E-state index contributed by atoms with van der Waals surface area (Å²) in [5, 5.41) is 1.79. The summed E-state index contributed by atoms with van der Waals surface area (Å²) in [7, 11) is 1.52. The van der Waals surface area contributed by atoms with Gasteiger partial charge in [-0.2, -0.15) is 0 Å². The first-order valence-electron chi connectivity index (χ1n) is 6.09. The van der Waals surface area contributed by atoms with Crippen LogP contribution in [0.1, 0.15) is 30.4 Å². The van der Waals surface area contributed by atoms with Crippen molar-refractivity contribution in [2.75, 3.05) is 20.3 Å². The van der Waals surface area contributed by atoms with Gasteiger partial charge in [0.2, 0.25) is 0 Å². The van der Waals surface area contributed by atoms with Gasteiger partial charge in [0.1, 0.15) is 17.2 Å². The molecule has 0 radical (unpaired) electrons. The van der Waals surface area contributed by atoms with Crippen molar-refractivity contribution in [3.05, 3.63) is 16.3 Å². The van der Waals surface area contributed by atoms with Gasteiger partial charge in [-0.15, -0.1) is 11.3 Å². The summed E-state index contributed by atoms with van der Waals surface area (Å²) >= 11 is 1.30. The molecule has 1 amide bonds. The van der Waals surface area contributed by atoms with Crippen molar-refractivity contribution in [3.63, 3.8) is 0 Å². The lowest BCUT2D eigenvalue weighted by Gasteiger charge is -2.25. The van der Waals surface area contributed by atoms with Crippen LogP contribution in [-0.2, 0) is 9.53 Å². The summed E-state index contributed by atoms with van der Waals surface area (Å²) in [6.07, 6.45) is 0. The van der Waals surface area contributed by atoms with Crippen LogP contribution in [0, 0.1) is 0 Å². The zero-order valence-electron chi connectivity index (χ0n) is 11.6. The van der Waals surface area contributed by atoms with E-state index in [-0.39, 0.29) is 18.5 Å². The Morgan fingerprint density at radius 3 is 2.63 bits per heavy atom. The van der Waals surface area contributed by atoms with Crippen molar-refractivity contribution in [1.29, 1.82) is 0 Å². The van der Waals surface area contributed by atoms with Crippen molar-refractivity contribution >= 4 is 23.2 Å². The number of hydrogen-bond acceptors (Lipinski definition) is 5. The molecule has 0 N–H and O–H groups in total. The maximum atomic E-state index is 12.4. The van der Waals surface area contributed by atoms with E-state index in [4.69, 9.17) is 9.47 Å². The van der Waals surface area contributed by atoms with E-state index in [9.17, 15) is 9.59 Å². The van der Waals surface area contributed by atoms with Gasteiger partial charge in [0, 0.05) is 6.04 Å². The number of carbonyl (C=O) groups is 2. The Morgan fingerprint density at radius 1 is 1.42 bits per heavy atom. The zero-order valence-corrected chi connectivity index (χ0v) is 12.5. The van der Waals surface area contributed by atoms with E-state index in [0.717, 1.165) is 0 Å². The molecule has 1 aromatic heterocycles. The molecule has 0 aliphatic heterocycles. The molecule has 0 spiro atoms. The lowest BCUT2D eigenvalue weighted by atomic mass is 10.2. The van der Waals surface area contributed by atoms with Crippen molar-refractivity contribution in [1.82, 2.24) is 4.90 Å². The molecule has 0 saturated carbocycles. The van der Waals surface area contributed by atoms with Crippen LogP contribution in [-0.4, -0.2) is 43.1 Å². The Morgan fingerprint density at radius 2 is 2.11 bits per heavy atom. The highest BCUT2D eigenvalue weighted by Gasteiger charge is 2.25. The third kappa shape index (κ3) is 3.96. The summed E-state index contributed by atoms with van der Waals surface area (Å²) in [6, 6.07) is 1.64. The molecule has 1 rings (SSSR count). The standard InChI is InChI=1S/C13H19NO4S/c1-5-18-11(15)8-14(9(2)3)13(16)12-10(17-4)6-7-19-12/h6-7,9H,5,8H2,1-4H3. The molecule has 0 aromatic carbocycles. The van der Waals surface area contributed by atoms with Gasteiger partial charge in [0.25, 0.3) is 5.91 Å². The minimum Gasteiger partial charge on any atom is -0.495 e. The molecule has 0 unspecified atom stereocenters. The number of esters is 1. The molecular formula is C13H19NO4S. The minimum atomic E-state index is -0.403. The normalized spacial score (nSPS) is 10.4. The third-order valence-corrected chi connectivity index (χ3v) is 3.42. The van der Waals surface area contributed by atoms with E-state index in [2.05, 4.69) is 0 Å². The molecule has 0 bridgehead atoms. The Hall–Kier alpha value is -1.56. The van der Waals surface area contributed by atoms with Gasteiger partial charge in [0.05, 0.1) is 13.7 Å². The average Bonchev–Trinajstić information content (AvgIpc) is 2.83. The summed E-state index contributed by atoms with van der Waals surface area (Å²) in [5.41, 5.74) is 0. The molecule has 0 fully saturated rings. The Kier molecular flexibility index (Phi) is 5.82. The lowest BCUT2D eigenvalue weighted by molar-refractivity contribution is -0.144. The first kappa shape index (κ1) is 15.5. The van der Waals surface area contributed by atoms with Crippen molar-refractivity contribution in [2.24, 2.45) is 0 Å². The van der Waals surface area contributed by atoms with Gasteiger partial charge in [-0.1, -0.05) is 0 Å². The fourth-order valence-corrected chi connectivity index (χ4v) is 2.39. The maximum Gasteiger partial charge on any atom is 0.325 e. The molecule has 106 valence electrons. The van der Waals surface area contributed by atoms with Crippen molar-refractivity contribution in [2.45, 2.75) is 26.8 Å². The SMILES string of the molecule is CCOC(=O)CN(C(=O)c1sccc1OC)C(C)C. The van der Waals surface area contributed by atoms with Gasteiger partial charge >= 0.3 is 5.97 Å².